The Kier molecular flexibility index (Phi) is 6.43. The van der Waals surface area contributed by atoms with E-state index in [1.54, 1.807) is 37.9 Å². The van der Waals surface area contributed by atoms with E-state index in [1.807, 2.05) is 12.3 Å². The van der Waals surface area contributed by atoms with Gasteiger partial charge in [0.1, 0.15) is 11.1 Å². The molecule has 9 nitrogen and oxygen atoms in total. The second-order valence-electron chi connectivity index (χ2n) is 10.3. The lowest BCUT2D eigenvalue weighted by atomic mass is 9.88. The number of halogens is 2. The topological polar surface area (TPSA) is 101 Å². The number of H-pyrrole nitrogens is 1. The Labute approximate surface area is 219 Å². The van der Waals surface area contributed by atoms with Crippen LogP contribution in [0.3, 0.4) is 0 Å². The molecule has 0 spiro atoms. The predicted octanol–water partition coefficient (Wildman–Crippen LogP) is 4.75. The van der Waals surface area contributed by atoms with Gasteiger partial charge < -0.3 is 24.3 Å². The van der Waals surface area contributed by atoms with Crippen LogP contribution in [0.15, 0.2) is 24.5 Å². The molecule has 0 bridgehead atoms. The second-order valence-corrected chi connectivity index (χ2v) is 11.1. The van der Waals surface area contributed by atoms with E-state index in [9.17, 15) is 9.59 Å². The van der Waals surface area contributed by atoms with Crippen LogP contribution in [-0.4, -0.2) is 62.6 Å². The maximum atomic E-state index is 14.0. The summed E-state index contributed by atoms with van der Waals surface area (Å²) in [5.41, 5.74) is 1.87. The molecule has 192 valence electrons. The summed E-state index contributed by atoms with van der Waals surface area (Å²) in [7, 11) is 0. The molecule has 11 heteroatoms. The molecule has 0 radical (unpaired) electrons. The molecule has 2 N–H and O–H groups in total. The SMILES string of the molecule is CC(C)(C)OC(=O)NC1(C(=O)N2CCn3c(c(-c4cn[nH]c4)c4ccc(Cl)c(Cl)c43)C2)CCOCC1. The molecule has 3 aromatic rings. The molecule has 2 amide bonds. The molecule has 0 aliphatic carbocycles. The Hall–Kier alpha value is -2.75. The van der Waals surface area contributed by atoms with E-state index >= 15 is 0 Å². The third-order valence-electron chi connectivity index (χ3n) is 6.73. The van der Waals surface area contributed by atoms with E-state index in [0.717, 1.165) is 27.7 Å². The zero-order valence-electron chi connectivity index (χ0n) is 20.5. The molecule has 1 aromatic carbocycles. The third kappa shape index (κ3) is 4.44. The van der Waals surface area contributed by atoms with E-state index in [4.69, 9.17) is 32.7 Å². The molecular formula is C25H29Cl2N5O4. The molecule has 0 atom stereocenters. The van der Waals surface area contributed by atoms with Crippen molar-refractivity contribution in [1.29, 1.82) is 0 Å². The van der Waals surface area contributed by atoms with Crippen LogP contribution in [0.1, 0.15) is 39.3 Å². The molecule has 0 saturated carbocycles. The summed E-state index contributed by atoms with van der Waals surface area (Å²) in [6, 6.07) is 3.74. The van der Waals surface area contributed by atoms with Crippen LogP contribution in [0, 0.1) is 0 Å². The van der Waals surface area contributed by atoms with Crippen LogP contribution < -0.4 is 5.32 Å². The van der Waals surface area contributed by atoms with Crippen molar-refractivity contribution in [3.05, 3.63) is 40.3 Å². The number of alkyl carbamates (subject to hydrolysis) is 1. The fourth-order valence-corrected chi connectivity index (χ4v) is 5.54. The van der Waals surface area contributed by atoms with Gasteiger partial charge in [-0.15, -0.1) is 0 Å². The number of benzene rings is 1. The van der Waals surface area contributed by atoms with Crippen LogP contribution in [0.5, 0.6) is 0 Å². The average molecular weight is 534 g/mol. The number of amides is 2. The number of nitrogens with zero attached hydrogens (tertiary/aromatic N) is 3. The first-order valence-corrected chi connectivity index (χ1v) is 12.7. The molecule has 2 aromatic heterocycles. The summed E-state index contributed by atoms with van der Waals surface area (Å²) in [4.78, 5) is 28.6. The normalized spacial score (nSPS) is 17.6. The minimum absolute atomic E-state index is 0.143. The van der Waals surface area contributed by atoms with Gasteiger partial charge in [-0.3, -0.25) is 9.89 Å². The van der Waals surface area contributed by atoms with Crippen LogP contribution in [0.25, 0.3) is 22.0 Å². The van der Waals surface area contributed by atoms with Gasteiger partial charge in [-0.25, -0.2) is 4.79 Å². The zero-order chi connectivity index (χ0) is 25.7. The average Bonchev–Trinajstić information content (AvgIpc) is 3.45. The van der Waals surface area contributed by atoms with Crippen molar-refractivity contribution in [2.24, 2.45) is 0 Å². The maximum absolute atomic E-state index is 14.0. The van der Waals surface area contributed by atoms with Gasteiger partial charge in [0, 0.05) is 67.5 Å². The summed E-state index contributed by atoms with van der Waals surface area (Å²) >= 11 is 13.0. The first-order chi connectivity index (χ1) is 17.1. The van der Waals surface area contributed by atoms with Gasteiger partial charge in [-0.05, 0) is 26.8 Å². The highest BCUT2D eigenvalue weighted by Gasteiger charge is 2.46. The summed E-state index contributed by atoms with van der Waals surface area (Å²) in [5, 5.41) is 11.8. The highest BCUT2D eigenvalue weighted by Crippen LogP contribution is 2.42. The number of nitrogens with one attached hydrogen (secondary N) is 2. The lowest BCUT2D eigenvalue weighted by Gasteiger charge is -2.41. The Balaban J connectivity index is 1.52. The van der Waals surface area contributed by atoms with Gasteiger partial charge in [0.15, 0.2) is 0 Å². The number of aromatic amines is 1. The third-order valence-corrected chi connectivity index (χ3v) is 7.52. The molecule has 2 aliphatic rings. The van der Waals surface area contributed by atoms with Crippen molar-refractivity contribution < 1.29 is 19.1 Å². The Morgan fingerprint density at radius 3 is 2.61 bits per heavy atom. The van der Waals surface area contributed by atoms with Crippen LogP contribution in [0.2, 0.25) is 10.0 Å². The molecule has 5 rings (SSSR count). The molecule has 36 heavy (non-hydrogen) atoms. The lowest BCUT2D eigenvalue weighted by Crippen LogP contribution is -2.63. The number of rotatable bonds is 3. The van der Waals surface area contributed by atoms with E-state index in [1.165, 1.54) is 0 Å². The summed E-state index contributed by atoms with van der Waals surface area (Å²) in [6.07, 6.45) is 3.72. The number of carbonyl (C=O) groups is 2. The Morgan fingerprint density at radius 2 is 1.94 bits per heavy atom. The maximum Gasteiger partial charge on any atom is 0.408 e. The summed E-state index contributed by atoms with van der Waals surface area (Å²) < 4.78 is 13.1. The van der Waals surface area contributed by atoms with Gasteiger partial charge in [-0.1, -0.05) is 29.3 Å². The van der Waals surface area contributed by atoms with Crippen LogP contribution in [0.4, 0.5) is 4.79 Å². The fourth-order valence-electron chi connectivity index (χ4n) is 5.12. The van der Waals surface area contributed by atoms with Crippen molar-refractivity contribution in [3.63, 3.8) is 0 Å². The van der Waals surface area contributed by atoms with Gasteiger partial charge in [-0.2, -0.15) is 5.10 Å². The minimum Gasteiger partial charge on any atom is -0.444 e. The first kappa shape index (κ1) is 24.9. The molecule has 1 fully saturated rings. The van der Waals surface area contributed by atoms with Gasteiger partial charge in [0.05, 0.1) is 28.3 Å². The smallest absolute Gasteiger partial charge is 0.408 e. The number of aromatic nitrogens is 3. The van der Waals surface area contributed by atoms with Crippen molar-refractivity contribution in [3.8, 4) is 11.1 Å². The summed E-state index contributed by atoms with van der Waals surface area (Å²) in [5.74, 6) is -0.143. The van der Waals surface area contributed by atoms with Crippen molar-refractivity contribution in [2.45, 2.75) is 57.8 Å². The van der Waals surface area contributed by atoms with Crippen molar-refractivity contribution in [2.75, 3.05) is 19.8 Å². The Morgan fingerprint density at radius 1 is 1.19 bits per heavy atom. The van der Waals surface area contributed by atoms with E-state index < -0.39 is 17.2 Å². The number of hydrogen-bond donors (Lipinski definition) is 2. The van der Waals surface area contributed by atoms with E-state index in [-0.39, 0.29) is 5.91 Å². The highest BCUT2D eigenvalue weighted by atomic mass is 35.5. The van der Waals surface area contributed by atoms with Crippen molar-refractivity contribution in [1.82, 2.24) is 25.0 Å². The molecule has 0 unspecified atom stereocenters. The zero-order valence-corrected chi connectivity index (χ0v) is 22.0. The number of carbonyl (C=O) groups excluding carboxylic acids is 2. The van der Waals surface area contributed by atoms with Crippen molar-refractivity contribution >= 4 is 46.1 Å². The van der Waals surface area contributed by atoms with Gasteiger partial charge in [0.2, 0.25) is 5.91 Å². The van der Waals surface area contributed by atoms with Crippen LogP contribution in [-0.2, 0) is 27.4 Å². The molecule has 2 aliphatic heterocycles. The first-order valence-electron chi connectivity index (χ1n) is 12.0. The highest BCUT2D eigenvalue weighted by molar-refractivity contribution is 6.45. The summed E-state index contributed by atoms with van der Waals surface area (Å²) in [6.45, 7) is 7.49. The molecule has 4 heterocycles. The second kappa shape index (κ2) is 9.28. The standard InChI is InChI=1S/C25H29Cl2N5O4/c1-24(2,3)36-23(34)30-25(6-10-35-11-7-25)22(33)31-8-9-32-18(14-31)19(15-12-28-29-13-15)16-4-5-17(26)20(27)21(16)32/h4-5,12-13H,6-11,14H2,1-3H3,(H,28,29)(H,30,34). The lowest BCUT2D eigenvalue weighted by molar-refractivity contribution is -0.144. The van der Waals surface area contributed by atoms with E-state index in [0.29, 0.717) is 55.7 Å². The number of ether oxygens (including phenoxy) is 2. The monoisotopic (exact) mass is 533 g/mol. The predicted molar refractivity (Wildman–Crippen MR) is 137 cm³/mol. The quantitative estimate of drug-likeness (QED) is 0.505. The van der Waals surface area contributed by atoms with Gasteiger partial charge >= 0.3 is 6.09 Å². The number of hydrogen-bond acceptors (Lipinski definition) is 5. The van der Waals surface area contributed by atoms with E-state index in [2.05, 4.69) is 20.1 Å². The van der Waals surface area contributed by atoms with Gasteiger partial charge in [0.25, 0.3) is 0 Å². The molecule has 1 saturated heterocycles. The Bertz CT molecular complexity index is 1310. The fraction of sp³-hybridized carbons (Fsp3) is 0.480. The largest absolute Gasteiger partial charge is 0.444 e. The van der Waals surface area contributed by atoms with Crippen LogP contribution >= 0.6 is 23.2 Å². The number of fused-ring (bicyclic) bond motifs is 3. The minimum atomic E-state index is -1.09. The molecular weight excluding hydrogens is 505 g/mol.